The average molecular weight is 139 g/mol. The molecule has 0 amide bonds. The lowest BCUT2D eigenvalue weighted by molar-refractivity contribution is 0.133. The maximum Gasteiger partial charge on any atom is 0.0456 e. The van der Waals surface area contributed by atoms with Crippen LogP contribution >= 0.6 is 12.4 Å². The molecule has 1 aliphatic rings. The Morgan fingerprint density at radius 2 is 2.38 bits per heavy atom. The Balaban J connectivity index is 0.000000490. The summed E-state index contributed by atoms with van der Waals surface area (Å²) in [5, 5.41) is 11.4. The second-order valence-electron chi connectivity index (χ2n) is 1.82. The highest BCUT2D eigenvalue weighted by molar-refractivity contribution is 5.85. The Hall–Kier alpha value is 0.170. The fourth-order valence-corrected chi connectivity index (χ4v) is 0.765. The van der Waals surface area contributed by atoms with Gasteiger partial charge in [-0.05, 0) is 13.0 Å². The van der Waals surface area contributed by atoms with Gasteiger partial charge in [0, 0.05) is 12.6 Å². The van der Waals surface area contributed by atoms with E-state index in [-0.39, 0.29) is 12.4 Å². The molecule has 0 bridgehead atoms. The summed E-state index contributed by atoms with van der Waals surface area (Å²) >= 11 is 0. The van der Waals surface area contributed by atoms with Crippen molar-refractivity contribution in [3.8, 4) is 0 Å². The summed E-state index contributed by atoms with van der Waals surface area (Å²) in [5.41, 5.74) is 2.20. The molecule has 0 aromatic heterocycles. The van der Waals surface area contributed by atoms with E-state index < -0.39 is 0 Å². The zero-order valence-corrected chi connectivity index (χ0v) is 5.37. The Kier molecular flexibility index (Phi) is 4.18. The maximum atomic E-state index is 8.28. The lowest BCUT2D eigenvalue weighted by Gasteiger charge is -2.00. The Bertz CT molecular complexity index is 56.0. The molecule has 8 heavy (non-hydrogen) atoms. The standard InChI is InChI=1S/C4H10N2O.ClH/c7-6-4-1-2-5-3-4;/h4-7H,1-3H2;1H. The Labute approximate surface area is 54.8 Å². The second-order valence-corrected chi connectivity index (χ2v) is 1.82. The van der Waals surface area contributed by atoms with E-state index in [2.05, 4.69) is 10.8 Å². The van der Waals surface area contributed by atoms with Crippen LogP contribution < -0.4 is 10.8 Å². The molecular weight excluding hydrogens is 128 g/mol. The fraction of sp³-hybridized carbons (Fsp3) is 1.00. The van der Waals surface area contributed by atoms with E-state index in [9.17, 15) is 0 Å². The normalized spacial score (nSPS) is 27.4. The molecule has 0 saturated carbocycles. The molecule has 4 heteroatoms. The molecular formula is C4H11ClN2O. The van der Waals surface area contributed by atoms with E-state index in [1.807, 2.05) is 0 Å². The van der Waals surface area contributed by atoms with Crippen molar-refractivity contribution in [3.63, 3.8) is 0 Å². The number of hydrogen-bond donors (Lipinski definition) is 3. The molecule has 0 radical (unpaired) electrons. The van der Waals surface area contributed by atoms with Crippen molar-refractivity contribution in [2.45, 2.75) is 12.5 Å². The van der Waals surface area contributed by atoms with Crippen LogP contribution in [-0.4, -0.2) is 24.3 Å². The lowest BCUT2D eigenvalue weighted by atomic mass is 10.3. The van der Waals surface area contributed by atoms with Crippen molar-refractivity contribution >= 4 is 12.4 Å². The van der Waals surface area contributed by atoms with Gasteiger partial charge in [0.15, 0.2) is 0 Å². The highest BCUT2D eigenvalue weighted by Crippen LogP contribution is 1.93. The van der Waals surface area contributed by atoms with E-state index in [1.165, 1.54) is 0 Å². The second kappa shape index (κ2) is 4.09. The van der Waals surface area contributed by atoms with Gasteiger partial charge in [-0.25, -0.2) is 5.48 Å². The van der Waals surface area contributed by atoms with E-state index >= 15 is 0 Å². The van der Waals surface area contributed by atoms with Crippen LogP contribution in [0.5, 0.6) is 0 Å². The van der Waals surface area contributed by atoms with Crippen LogP contribution in [0.1, 0.15) is 6.42 Å². The largest absolute Gasteiger partial charge is 0.316 e. The minimum atomic E-state index is 0. The van der Waals surface area contributed by atoms with Gasteiger partial charge in [-0.3, -0.25) is 0 Å². The molecule has 1 unspecified atom stereocenters. The summed E-state index contributed by atoms with van der Waals surface area (Å²) in [5.74, 6) is 0. The van der Waals surface area contributed by atoms with Crippen LogP contribution in [0.15, 0.2) is 0 Å². The molecule has 3 N–H and O–H groups in total. The first kappa shape index (κ1) is 8.17. The van der Waals surface area contributed by atoms with Crippen molar-refractivity contribution < 1.29 is 5.21 Å². The fourth-order valence-electron chi connectivity index (χ4n) is 0.765. The number of rotatable bonds is 1. The van der Waals surface area contributed by atoms with Crippen LogP contribution in [0.2, 0.25) is 0 Å². The molecule has 1 aliphatic heterocycles. The van der Waals surface area contributed by atoms with Gasteiger partial charge in [0.2, 0.25) is 0 Å². The highest BCUT2D eigenvalue weighted by atomic mass is 35.5. The van der Waals surface area contributed by atoms with Crippen LogP contribution in [0, 0.1) is 0 Å². The first-order valence-corrected chi connectivity index (χ1v) is 2.54. The maximum absolute atomic E-state index is 8.28. The molecule has 1 fully saturated rings. The topological polar surface area (TPSA) is 44.3 Å². The van der Waals surface area contributed by atoms with Crippen molar-refractivity contribution in [3.05, 3.63) is 0 Å². The van der Waals surface area contributed by atoms with Crippen molar-refractivity contribution in [2.75, 3.05) is 13.1 Å². The van der Waals surface area contributed by atoms with Gasteiger partial charge in [-0.1, -0.05) is 0 Å². The Morgan fingerprint density at radius 3 is 2.62 bits per heavy atom. The van der Waals surface area contributed by atoms with Crippen LogP contribution in [0.25, 0.3) is 0 Å². The summed E-state index contributed by atoms with van der Waals surface area (Å²) in [6, 6.07) is 0.292. The minimum Gasteiger partial charge on any atom is -0.316 e. The smallest absolute Gasteiger partial charge is 0.0456 e. The number of hydroxylamine groups is 1. The third-order valence-corrected chi connectivity index (χ3v) is 1.24. The Morgan fingerprint density at radius 1 is 1.62 bits per heavy atom. The molecule has 1 saturated heterocycles. The third kappa shape index (κ3) is 1.96. The van der Waals surface area contributed by atoms with Gasteiger partial charge in [-0.15, -0.1) is 12.4 Å². The monoisotopic (exact) mass is 138 g/mol. The minimum absolute atomic E-state index is 0. The molecule has 0 aliphatic carbocycles. The van der Waals surface area contributed by atoms with E-state index in [0.29, 0.717) is 6.04 Å². The number of halogens is 1. The van der Waals surface area contributed by atoms with E-state index in [4.69, 9.17) is 5.21 Å². The van der Waals surface area contributed by atoms with E-state index in [0.717, 1.165) is 19.5 Å². The third-order valence-electron chi connectivity index (χ3n) is 1.24. The van der Waals surface area contributed by atoms with Gasteiger partial charge in [0.05, 0.1) is 0 Å². The molecule has 1 rings (SSSR count). The average Bonchev–Trinajstić information content (AvgIpc) is 2.14. The SMILES string of the molecule is Cl.ONC1CCNC1. The molecule has 0 spiro atoms. The van der Waals surface area contributed by atoms with Crippen LogP contribution in [-0.2, 0) is 0 Å². The summed E-state index contributed by atoms with van der Waals surface area (Å²) in [4.78, 5) is 0. The van der Waals surface area contributed by atoms with E-state index in [1.54, 1.807) is 0 Å². The summed E-state index contributed by atoms with van der Waals surface area (Å²) in [6.45, 7) is 1.93. The zero-order valence-electron chi connectivity index (χ0n) is 4.55. The van der Waals surface area contributed by atoms with Gasteiger partial charge in [0.25, 0.3) is 0 Å². The molecule has 0 aromatic rings. The molecule has 1 heterocycles. The van der Waals surface area contributed by atoms with Crippen LogP contribution in [0.3, 0.4) is 0 Å². The quantitative estimate of drug-likeness (QED) is 0.438. The molecule has 1 atom stereocenters. The van der Waals surface area contributed by atoms with Gasteiger partial charge < -0.3 is 10.5 Å². The summed E-state index contributed by atoms with van der Waals surface area (Å²) < 4.78 is 0. The van der Waals surface area contributed by atoms with Gasteiger partial charge in [0.1, 0.15) is 0 Å². The summed E-state index contributed by atoms with van der Waals surface area (Å²) in [7, 11) is 0. The highest BCUT2D eigenvalue weighted by Gasteiger charge is 2.11. The number of hydrogen-bond acceptors (Lipinski definition) is 3. The van der Waals surface area contributed by atoms with Crippen molar-refractivity contribution in [1.29, 1.82) is 0 Å². The number of nitrogens with one attached hydrogen (secondary N) is 2. The van der Waals surface area contributed by atoms with Crippen LogP contribution in [0.4, 0.5) is 0 Å². The van der Waals surface area contributed by atoms with Gasteiger partial charge >= 0.3 is 0 Å². The van der Waals surface area contributed by atoms with Gasteiger partial charge in [-0.2, -0.15) is 0 Å². The zero-order chi connectivity index (χ0) is 5.11. The summed E-state index contributed by atoms with van der Waals surface area (Å²) in [6.07, 6.45) is 1.04. The first-order valence-electron chi connectivity index (χ1n) is 2.54. The molecule has 3 nitrogen and oxygen atoms in total. The molecule has 50 valence electrons. The predicted molar refractivity (Wildman–Crippen MR) is 33.4 cm³/mol. The first-order chi connectivity index (χ1) is 3.43. The predicted octanol–water partition coefficient (Wildman–Crippen LogP) is -0.251. The lowest BCUT2D eigenvalue weighted by Crippen LogP contribution is -2.27. The van der Waals surface area contributed by atoms with Crippen molar-refractivity contribution in [1.82, 2.24) is 10.8 Å². The van der Waals surface area contributed by atoms with Crippen molar-refractivity contribution in [2.24, 2.45) is 0 Å². The molecule has 0 aromatic carbocycles.